The van der Waals surface area contributed by atoms with Crippen LogP contribution in [0.3, 0.4) is 0 Å². The standard InChI is InChI=1S/C32H64N2/c1-4-7-9-11-12-13-14-15-16-17-18-19-20-21-22-24-26-29-34-31-30-33(32(34)27-6-3)28-25-23-10-8-5-2/h30-32H,4-29H2,1-3H3. The van der Waals surface area contributed by atoms with Crippen LogP contribution in [0.1, 0.15) is 175 Å². The Kier molecular flexibility index (Phi) is 22.2. The average Bonchev–Trinajstić information content (AvgIpc) is 3.22. The molecular formula is C32H64N2. The monoisotopic (exact) mass is 477 g/mol. The van der Waals surface area contributed by atoms with Crippen LogP contribution in [0.15, 0.2) is 12.4 Å². The highest BCUT2D eigenvalue weighted by Gasteiger charge is 2.24. The van der Waals surface area contributed by atoms with Crippen molar-refractivity contribution in [3.63, 3.8) is 0 Å². The Morgan fingerprint density at radius 3 is 0.971 bits per heavy atom. The molecule has 2 nitrogen and oxygen atoms in total. The van der Waals surface area contributed by atoms with Crippen molar-refractivity contribution in [2.45, 2.75) is 181 Å². The molecule has 0 aliphatic carbocycles. The molecule has 34 heavy (non-hydrogen) atoms. The highest BCUT2D eigenvalue weighted by Crippen LogP contribution is 2.22. The van der Waals surface area contributed by atoms with Gasteiger partial charge in [0.25, 0.3) is 0 Å². The van der Waals surface area contributed by atoms with Crippen molar-refractivity contribution in [2.75, 3.05) is 13.1 Å². The molecule has 0 saturated carbocycles. The number of hydrogen-bond acceptors (Lipinski definition) is 2. The van der Waals surface area contributed by atoms with Crippen molar-refractivity contribution in [2.24, 2.45) is 0 Å². The van der Waals surface area contributed by atoms with Crippen LogP contribution < -0.4 is 0 Å². The zero-order valence-electron chi connectivity index (χ0n) is 24.0. The van der Waals surface area contributed by atoms with Crippen molar-refractivity contribution < 1.29 is 0 Å². The maximum atomic E-state index is 2.64. The van der Waals surface area contributed by atoms with Crippen LogP contribution in [0.5, 0.6) is 0 Å². The van der Waals surface area contributed by atoms with Crippen molar-refractivity contribution in [1.29, 1.82) is 0 Å². The highest BCUT2D eigenvalue weighted by atomic mass is 15.4. The molecule has 1 rings (SSSR count). The molecule has 1 aliphatic heterocycles. The minimum Gasteiger partial charge on any atom is -0.356 e. The summed E-state index contributed by atoms with van der Waals surface area (Å²) in [6.45, 7) is 9.45. The van der Waals surface area contributed by atoms with Crippen LogP contribution in [-0.4, -0.2) is 29.1 Å². The second-order valence-electron chi connectivity index (χ2n) is 11.1. The first-order valence-electron chi connectivity index (χ1n) is 16.0. The fourth-order valence-corrected chi connectivity index (χ4v) is 5.51. The Bertz CT molecular complexity index is 433. The van der Waals surface area contributed by atoms with Crippen LogP contribution in [0.25, 0.3) is 0 Å². The summed E-state index contributed by atoms with van der Waals surface area (Å²) in [6.07, 6.45) is 39.6. The SMILES string of the molecule is CCCCCCCCCCCCCCCCCCCN1C=CN(CCCCCCC)C1CCC. The quantitative estimate of drug-likeness (QED) is 0.114. The summed E-state index contributed by atoms with van der Waals surface area (Å²) in [4.78, 5) is 5.27. The van der Waals surface area contributed by atoms with E-state index in [1.807, 2.05) is 0 Å². The first-order chi connectivity index (χ1) is 16.8. The summed E-state index contributed by atoms with van der Waals surface area (Å²) >= 11 is 0. The lowest BCUT2D eigenvalue weighted by Crippen LogP contribution is -2.39. The van der Waals surface area contributed by atoms with Crippen molar-refractivity contribution in [3.8, 4) is 0 Å². The van der Waals surface area contributed by atoms with Gasteiger partial charge in [-0.3, -0.25) is 0 Å². The smallest absolute Gasteiger partial charge is 0.101 e. The van der Waals surface area contributed by atoms with E-state index in [9.17, 15) is 0 Å². The van der Waals surface area contributed by atoms with Gasteiger partial charge in [-0.25, -0.2) is 0 Å². The third-order valence-corrected chi connectivity index (χ3v) is 7.80. The van der Waals surface area contributed by atoms with E-state index in [0.29, 0.717) is 6.17 Å². The summed E-state index contributed by atoms with van der Waals surface area (Å²) in [5.41, 5.74) is 0. The molecule has 0 N–H and O–H groups in total. The van der Waals surface area contributed by atoms with E-state index in [1.165, 1.54) is 167 Å². The summed E-state index contributed by atoms with van der Waals surface area (Å²) in [6, 6.07) is 0. The van der Waals surface area contributed by atoms with Gasteiger partial charge in [0, 0.05) is 25.5 Å². The Morgan fingerprint density at radius 1 is 0.382 bits per heavy atom. The van der Waals surface area contributed by atoms with Gasteiger partial charge in [0.05, 0.1) is 0 Å². The molecule has 0 saturated heterocycles. The van der Waals surface area contributed by atoms with Crippen LogP contribution >= 0.6 is 0 Å². The van der Waals surface area contributed by atoms with Gasteiger partial charge in [-0.1, -0.05) is 156 Å². The molecule has 0 aromatic heterocycles. The molecule has 1 atom stereocenters. The van der Waals surface area contributed by atoms with Crippen molar-refractivity contribution in [3.05, 3.63) is 12.4 Å². The van der Waals surface area contributed by atoms with Crippen molar-refractivity contribution in [1.82, 2.24) is 9.80 Å². The molecule has 1 heterocycles. The number of unbranched alkanes of at least 4 members (excludes halogenated alkanes) is 20. The lowest BCUT2D eigenvalue weighted by Gasteiger charge is -2.33. The largest absolute Gasteiger partial charge is 0.356 e. The van der Waals surface area contributed by atoms with E-state index >= 15 is 0 Å². The van der Waals surface area contributed by atoms with E-state index in [-0.39, 0.29) is 0 Å². The van der Waals surface area contributed by atoms with Gasteiger partial charge >= 0.3 is 0 Å². The Hall–Kier alpha value is -0.660. The van der Waals surface area contributed by atoms with Gasteiger partial charge in [-0.15, -0.1) is 0 Å². The maximum absolute atomic E-state index is 2.64. The molecular weight excluding hydrogens is 412 g/mol. The fraction of sp³-hybridized carbons (Fsp3) is 0.938. The van der Waals surface area contributed by atoms with Gasteiger partial charge in [-0.05, 0) is 19.3 Å². The molecule has 0 aromatic rings. The molecule has 0 spiro atoms. The average molecular weight is 477 g/mol. The van der Waals surface area contributed by atoms with E-state index in [4.69, 9.17) is 0 Å². The Labute approximate surface area is 216 Å². The minimum absolute atomic E-state index is 0.636. The van der Waals surface area contributed by atoms with Gasteiger partial charge in [-0.2, -0.15) is 0 Å². The molecule has 0 bridgehead atoms. The van der Waals surface area contributed by atoms with E-state index in [2.05, 4.69) is 43.0 Å². The molecule has 1 aliphatic rings. The maximum Gasteiger partial charge on any atom is 0.101 e. The molecule has 0 radical (unpaired) electrons. The first-order valence-corrected chi connectivity index (χ1v) is 16.0. The number of nitrogens with zero attached hydrogens (tertiary/aromatic N) is 2. The predicted molar refractivity (Wildman–Crippen MR) is 154 cm³/mol. The Morgan fingerprint density at radius 2 is 0.676 bits per heavy atom. The molecule has 0 amide bonds. The Balaban J connectivity index is 1.91. The number of hydrogen-bond donors (Lipinski definition) is 0. The van der Waals surface area contributed by atoms with E-state index in [1.54, 1.807) is 0 Å². The third-order valence-electron chi connectivity index (χ3n) is 7.80. The molecule has 1 unspecified atom stereocenters. The predicted octanol–water partition coefficient (Wildman–Crippen LogP) is 10.8. The lowest BCUT2D eigenvalue weighted by atomic mass is 10.0. The second-order valence-corrected chi connectivity index (χ2v) is 11.1. The zero-order chi connectivity index (χ0) is 24.5. The van der Waals surface area contributed by atoms with Gasteiger partial charge in [0.1, 0.15) is 6.17 Å². The number of rotatable bonds is 26. The van der Waals surface area contributed by atoms with E-state index in [0.717, 1.165) is 0 Å². The van der Waals surface area contributed by atoms with Gasteiger partial charge in [0.2, 0.25) is 0 Å². The van der Waals surface area contributed by atoms with E-state index < -0.39 is 0 Å². The molecule has 2 heteroatoms. The van der Waals surface area contributed by atoms with Crippen LogP contribution in [-0.2, 0) is 0 Å². The molecule has 0 aromatic carbocycles. The summed E-state index contributed by atoms with van der Waals surface area (Å²) in [5, 5.41) is 0. The molecule has 0 fully saturated rings. The second kappa shape index (κ2) is 24.1. The van der Waals surface area contributed by atoms with Gasteiger partial charge < -0.3 is 9.80 Å². The summed E-state index contributed by atoms with van der Waals surface area (Å²) in [7, 11) is 0. The van der Waals surface area contributed by atoms with Crippen LogP contribution in [0.2, 0.25) is 0 Å². The fourth-order valence-electron chi connectivity index (χ4n) is 5.51. The van der Waals surface area contributed by atoms with Crippen LogP contribution in [0.4, 0.5) is 0 Å². The minimum atomic E-state index is 0.636. The van der Waals surface area contributed by atoms with Crippen molar-refractivity contribution >= 4 is 0 Å². The normalized spacial score (nSPS) is 15.7. The first kappa shape index (κ1) is 31.4. The van der Waals surface area contributed by atoms with Gasteiger partial charge in [0.15, 0.2) is 0 Å². The van der Waals surface area contributed by atoms with Crippen LogP contribution in [0, 0.1) is 0 Å². The lowest BCUT2D eigenvalue weighted by molar-refractivity contribution is 0.138. The summed E-state index contributed by atoms with van der Waals surface area (Å²) in [5.74, 6) is 0. The topological polar surface area (TPSA) is 6.48 Å². The molecule has 202 valence electrons. The third kappa shape index (κ3) is 16.9. The summed E-state index contributed by atoms with van der Waals surface area (Å²) < 4.78 is 0. The highest BCUT2D eigenvalue weighted by molar-refractivity contribution is 4.96. The zero-order valence-corrected chi connectivity index (χ0v) is 24.0.